The lowest BCUT2D eigenvalue weighted by atomic mass is 10.1. The summed E-state index contributed by atoms with van der Waals surface area (Å²) in [7, 11) is -1.80. The van der Waals surface area contributed by atoms with Crippen LogP contribution in [-0.4, -0.2) is 50.3 Å². The Balaban J connectivity index is 1.87. The van der Waals surface area contributed by atoms with Crippen molar-refractivity contribution < 1.29 is 22.7 Å². The molecular weight excluding hydrogens is 380 g/mol. The van der Waals surface area contributed by atoms with Gasteiger partial charge in [-0.3, -0.25) is 9.59 Å². The normalized spacial score (nSPS) is 14.5. The average Bonchev–Trinajstić information content (AvgIpc) is 2.98. The Kier molecular flexibility index (Phi) is 5.69. The van der Waals surface area contributed by atoms with Crippen LogP contribution in [0.25, 0.3) is 0 Å². The van der Waals surface area contributed by atoms with Crippen LogP contribution in [0.4, 0.5) is 5.69 Å². The van der Waals surface area contributed by atoms with Crippen LogP contribution in [0.5, 0.6) is 5.75 Å². The summed E-state index contributed by atoms with van der Waals surface area (Å²) in [4.78, 5) is 27.3. The van der Waals surface area contributed by atoms with Gasteiger partial charge in [-0.05, 0) is 30.2 Å². The number of sulfone groups is 1. The fourth-order valence-electron chi connectivity index (χ4n) is 3.25. The van der Waals surface area contributed by atoms with Crippen molar-refractivity contribution in [3.8, 4) is 5.75 Å². The first kappa shape index (κ1) is 19.9. The number of methoxy groups -OCH3 is 1. The van der Waals surface area contributed by atoms with E-state index in [1.165, 1.54) is 12.0 Å². The third kappa shape index (κ3) is 4.33. The number of hydrogen-bond donors (Lipinski definition) is 1. The molecule has 2 amide bonds. The molecule has 2 aromatic rings. The van der Waals surface area contributed by atoms with Crippen LogP contribution in [0.15, 0.2) is 48.5 Å². The molecule has 0 radical (unpaired) electrons. The number of nitrogens with zero attached hydrogens (tertiary/aromatic N) is 1. The second-order valence-electron chi connectivity index (χ2n) is 6.71. The van der Waals surface area contributed by atoms with Crippen LogP contribution in [-0.2, 0) is 21.2 Å². The minimum atomic E-state index is -3.30. The zero-order valence-corrected chi connectivity index (χ0v) is 16.5. The summed E-state index contributed by atoms with van der Waals surface area (Å²) in [6.07, 6.45) is 1.13. The molecule has 148 valence electrons. The first-order chi connectivity index (χ1) is 13.3. The summed E-state index contributed by atoms with van der Waals surface area (Å²) in [5, 5.41) is 2.77. The van der Waals surface area contributed by atoms with E-state index in [0.717, 1.165) is 11.8 Å². The van der Waals surface area contributed by atoms with Gasteiger partial charge in [-0.2, -0.15) is 0 Å². The van der Waals surface area contributed by atoms with Crippen LogP contribution >= 0.6 is 0 Å². The van der Waals surface area contributed by atoms with E-state index in [1.54, 1.807) is 36.4 Å². The maximum absolute atomic E-state index is 13.0. The number of hydrogen-bond acceptors (Lipinski definition) is 5. The second-order valence-corrected chi connectivity index (χ2v) is 8.97. The minimum absolute atomic E-state index is 0.0134. The maximum Gasteiger partial charge on any atom is 0.255 e. The SMILES string of the molecule is COc1ccccc1NC(=O)C(CCS(C)(=O)=O)N1Cc2ccccc2C1=O. The highest BCUT2D eigenvalue weighted by Gasteiger charge is 2.36. The molecule has 1 aliphatic rings. The number of ether oxygens (including phenoxy) is 1. The van der Waals surface area contributed by atoms with Gasteiger partial charge in [-0.25, -0.2) is 8.42 Å². The van der Waals surface area contributed by atoms with Crippen molar-refractivity contribution in [2.45, 2.75) is 19.0 Å². The summed E-state index contributed by atoms with van der Waals surface area (Å²) in [5.74, 6) is -0.440. The number of nitrogens with one attached hydrogen (secondary N) is 1. The van der Waals surface area contributed by atoms with Crippen LogP contribution in [0.2, 0.25) is 0 Å². The van der Waals surface area contributed by atoms with E-state index in [1.807, 2.05) is 12.1 Å². The Morgan fingerprint density at radius 1 is 1.18 bits per heavy atom. The minimum Gasteiger partial charge on any atom is -0.495 e. The molecule has 1 N–H and O–H groups in total. The molecule has 0 spiro atoms. The van der Waals surface area contributed by atoms with E-state index in [4.69, 9.17) is 4.74 Å². The van der Waals surface area contributed by atoms with Gasteiger partial charge in [0.2, 0.25) is 5.91 Å². The van der Waals surface area contributed by atoms with E-state index < -0.39 is 21.8 Å². The van der Waals surface area contributed by atoms with Crippen molar-refractivity contribution in [2.75, 3.05) is 24.4 Å². The summed E-state index contributed by atoms with van der Waals surface area (Å²) >= 11 is 0. The van der Waals surface area contributed by atoms with Crippen LogP contribution in [0.3, 0.4) is 0 Å². The van der Waals surface area contributed by atoms with Crippen molar-refractivity contribution in [3.05, 3.63) is 59.7 Å². The van der Waals surface area contributed by atoms with E-state index in [0.29, 0.717) is 17.0 Å². The van der Waals surface area contributed by atoms with Gasteiger partial charge in [0.15, 0.2) is 0 Å². The molecule has 0 aliphatic carbocycles. The number of fused-ring (bicyclic) bond motifs is 1. The van der Waals surface area contributed by atoms with Gasteiger partial charge in [0, 0.05) is 18.4 Å². The molecule has 1 unspecified atom stereocenters. The number of benzene rings is 2. The average molecular weight is 402 g/mol. The third-order valence-corrected chi connectivity index (χ3v) is 5.63. The molecule has 0 fully saturated rings. The Morgan fingerprint density at radius 2 is 1.86 bits per heavy atom. The second kappa shape index (κ2) is 8.02. The van der Waals surface area contributed by atoms with Gasteiger partial charge < -0.3 is 15.0 Å². The Bertz CT molecular complexity index is 1000. The number of carbonyl (C=O) groups excluding carboxylic acids is 2. The molecule has 1 atom stereocenters. The topological polar surface area (TPSA) is 92.8 Å². The van der Waals surface area contributed by atoms with E-state index >= 15 is 0 Å². The fourth-order valence-corrected chi connectivity index (χ4v) is 3.90. The standard InChI is InChI=1S/C20H22N2O5S/c1-27-18-10-6-5-9-16(18)21-19(23)17(11-12-28(2,25)26)22-13-14-7-3-4-8-15(14)20(22)24/h3-10,17H,11-13H2,1-2H3,(H,21,23). The number of carbonyl (C=O) groups is 2. The summed E-state index contributed by atoms with van der Waals surface area (Å²) < 4.78 is 28.6. The maximum atomic E-state index is 13.0. The highest BCUT2D eigenvalue weighted by Crippen LogP contribution is 2.28. The van der Waals surface area contributed by atoms with Crippen molar-refractivity contribution in [1.29, 1.82) is 0 Å². The molecule has 2 aromatic carbocycles. The first-order valence-electron chi connectivity index (χ1n) is 8.80. The van der Waals surface area contributed by atoms with E-state index in [-0.39, 0.29) is 24.6 Å². The molecule has 1 heterocycles. The molecule has 0 saturated heterocycles. The molecule has 7 nitrogen and oxygen atoms in total. The number of anilines is 1. The fraction of sp³-hybridized carbons (Fsp3) is 0.300. The smallest absolute Gasteiger partial charge is 0.255 e. The first-order valence-corrected chi connectivity index (χ1v) is 10.9. The molecule has 1 aliphatic heterocycles. The van der Waals surface area contributed by atoms with Gasteiger partial charge in [-0.15, -0.1) is 0 Å². The van der Waals surface area contributed by atoms with Gasteiger partial charge >= 0.3 is 0 Å². The number of rotatable bonds is 7. The molecule has 0 saturated carbocycles. The number of para-hydroxylation sites is 2. The lowest BCUT2D eigenvalue weighted by Crippen LogP contribution is -2.45. The molecule has 28 heavy (non-hydrogen) atoms. The number of amides is 2. The lowest BCUT2D eigenvalue weighted by molar-refractivity contribution is -0.120. The van der Waals surface area contributed by atoms with Crippen molar-refractivity contribution in [2.24, 2.45) is 0 Å². The molecule has 8 heteroatoms. The van der Waals surface area contributed by atoms with Crippen molar-refractivity contribution in [3.63, 3.8) is 0 Å². The molecule has 0 bridgehead atoms. The third-order valence-electron chi connectivity index (χ3n) is 4.66. The van der Waals surface area contributed by atoms with Crippen LogP contribution in [0.1, 0.15) is 22.3 Å². The van der Waals surface area contributed by atoms with Gasteiger partial charge in [0.25, 0.3) is 5.91 Å². The Hall–Kier alpha value is -2.87. The monoisotopic (exact) mass is 402 g/mol. The predicted molar refractivity (Wildman–Crippen MR) is 106 cm³/mol. The largest absolute Gasteiger partial charge is 0.495 e. The molecule has 3 rings (SSSR count). The summed E-state index contributed by atoms with van der Waals surface area (Å²) in [6.45, 7) is 0.267. The van der Waals surface area contributed by atoms with Crippen molar-refractivity contribution >= 4 is 27.3 Å². The molecule has 0 aromatic heterocycles. The van der Waals surface area contributed by atoms with Crippen LogP contribution < -0.4 is 10.1 Å². The van der Waals surface area contributed by atoms with E-state index in [9.17, 15) is 18.0 Å². The lowest BCUT2D eigenvalue weighted by Gasteiger charge is -2.27. The predicted octanol–water partition coefficient (Wildman–Crippen LogP) is 2.09. The zero-order chi connectivity index (χ0) is 20.3. The van der Waals surface area contributed by atoms with Gasteiger partial charge in [-0.1, -0.05) is 30.3 Å². The Labute approximate surface area is 164 Å². The summed E-state index contributed by atoms with van der Waals surface area (Å²) in [6, 6.07) is 13.1. The quantitative estimate of drug-likeness (QED) is 0.766. The summed E-state index contributed by atoms with van der Waals surface area (Å²) in [5.41, 5.74) is 1.82. The van der Waals surface area contributed by atoms with Gasteiger partial charge in [0.1, 0.15) is 21.6 Å². The van der Waals surface area contributed by atoms with Crippen LogP contribution in [0, 0.1) is 0 Å². The molecular formula is C20H22N2O5S. The van der Waals surface area contributed by atoms with Crippen molar-refractivity contribution in [1.82, 2.24) is 4.90 Å². The van der Waals surface area contributed by atoms with Gasteiger partial charge in [0.05, 0.1) is 18.6 Å². The van der Waals surface area contributed by atoms with E-state index in [2.05, 4.69) is 5.32 Å². The zero-order valence-electron chi connectivity index (χ0n) is 15.7. The highest BCUT2D eigenvalue weighted by molar-refractivity contribution is 7.90. The highest BCUT2D eigenvalue weighted by atomic mass is 32.2. The Morgan fingerprint density at radius 3 is 2.54 bits per heavy atom.